The van der Waals surface area contributed by atoms with Crippen molar-refractivity contribution in [2.24, 2.45) is 5.92 Å². The first kappa shape index (κ1) is 23.1. The molecular formula is C27H33N3O3S. The van der Waals surface area contributed by atoms with Crippen molar-refractivity contribution in [1.82, 2.24) is 9.29 Å². The van der Waals surface area contributed by atoms with E-state index in [0.717, 1.165) is 41.4 Å². The number of carbonyl (C=O) groups is 1. The third-order valence-corrected chi connectivity index (χ3v) is 9.45. The van der Waals surface area contributed by atoms with E-state index in [4.69, 9.17) is 0 Å². The lowest BCUT2D eigenvalue weighted by atomic mass is 9.97. The number of nitrogens with zero attached hydrogens (tertiary/aromatic N) is 1. The van der Waals surface area contributed by atoms with Crippen molar-refractivity contribution < 1.29 is 13.2 Å². The average molecular weight is 480 g/mol. The number of aromatic amines is 1. The van der Waals surface area contributed by atoms with E-state index in [0.29, 0.717) is 30.8 Å². The van der Waals surface area contributed by atoms with Gasteiger partial charge in [0.15, 0.2) is 0 Å². The first-order chi connectivity index (χ1) is 16.3. The average Bonchev–Trinajstić information content (AvgIpc) is 3.01. The van der Waals surface area contributed by atoms with Gasteiger partial charge >= 0.3 is 0 Å². The maximum absolute atomic E-state index is 13.4. The molecule has 0 atom stereocenters. The number of sulfonamides is 1. The van der Waals surface area contributed by atoms with Crippen molar-refractivity contribution in [2.45, 2.75) is 63.7 Å². The van der Waals surface area contributed by atoms with Gasteiger partial charge < -0.3 is 10.3 Å². The number of amides is 1. The summed E-state index contributed by atoms with van der Waals surface area (Å²) in [5, 5.41) is 4.05. The molecule has 2 aliphatic rings. The third-order valence-electron chi connectivity index (χ3n) is 7.56. The Balaban J connectivity index is 1.28. The monoisotopic (exact) mass is 479 g/mol. The number of hydrogen-bond donors (Lipinski definition) is 2. The molecule has 1 saturated heterocycles. The normalized spacial score (nSPS) is 17.9. The van der Waals surface area contributed by atoms with Crippen molar-refractivity contribution >= 4 is 32.5 Å². The van der Waals surface area contributed by atoms with Gasteiger partial charge in [0.25, 0.3) is 0 Å². The Kier molecular flexibility index (Phi) is 6.25. The van der Waals surface area contributed by atoms with E-state index in [1.54, 1.807) is 10.4 Å². The summed E-state index contributed by atoms with van der Waals surface area (Å²) in [6, 6.07) is 11.4. The SMILES string of the molecule is Cc1ccc(NC(=O)C2CCN(S(=O)(=O)c3ccc4[nH]c5c(c4c3)CCCCC5)CC2)cc1C. The van der Waals surface area contributed by atoms with Gasteiger partial charge in [-0.2, -0.15) is 4.31 Å². The molecule has 3 aromatic rings. The molecule has 5 rings (SSSR count). The van der Waals surface area contributed by atoms with Crippen LogP contribution in [0.3, 0.4) is 0 Å². The van der Waals surface area contributed by atoms with E-state index >= 15 is 0 Å². The summed E-state index contributed by atoms with van der Waals surface area (Å²) in [6.45, 7) is 4.78. The van der Waals surface area contributed by atoms with Gasteiger partial charge in [-0.1, -0.05) is 12.5 Å². The second-order valence-corrected chi connectivity index (χ2v) is 11.8. The zero-order valence-electron chi connectivity index (χ0n) is 20.0. The van der Waals surface area contributed by atoms with Crippen LogP contribution in [0.15, 0.2) is 41.3 Å². The molecule has 2 heterocycles. The van der Waals surface area contributed by atoms with Gasteiger partial charge in [0.05, 0.1) is 4.90 Å². The minimum Gasteiger partial charge on any atom is -0.358 e. The van der Waals surface area contributed by atoms with E-state index in [-0.39, 0.29) is 11.8 Å². The second-order valence-electron chi connectivity index (χ2n) is 9.82. The number of aromatic nitrogens is 1. The molecular weight excluding hydrogens is 446 g/mol. The van der Waals surface area contributed by atoms with Crippen molar-refractivity contribution in [2.75, 3.05) is 18.4 Å². The van der Waals surface area contributed by atoms with Crippen LogP contribution in [-0.2, 0) is 27.7 Å². The van der Waals surface area contributed by atoms with E-state index in [9.17, 15) is 13.2 Å². The predicted molar refractivity (Wildman–Crippen MR) is 136 cm³/mol. The number of nitrogens with one attached hydrogen (secondary N) is 2. The van der Waals surface area contributed by atoms with Crippen LogP contribution in [0.1, 0.15) is 54.5 Å². The third kappa shape index (κ3) is 4.39. The molecule has 6 nitrogen and oxygen atoms in total. The van der Waals surface area contributed by atoms with Crippen LogP contribution in [0.5, 0.6) is 0 Å². The Morgan fingerprint density at radius 2 is 1.74 bits per heavy atom. The first-order valence-corrected chi connectivity index (χ1v) is 13.8. The van der Waals surface area contributed by atoms with Gasteiger partial charge in [0, 0.05) is 41.3 Å². The first-order valence-electron chi connectivity index (χ1n) is 12.3. The molecule has 0 saturated carbocycles. The van der Waals surface area contributed by atoms with Gasteiger partial charge in [0.1, 0.15) is 0 Å². The second kappa shape index (κ2) is 9.19. The maximum atomic E-state index is 13.4. The Bertz CT molecular complexity index is 1330. The highest BCUT2D eigenvalue weighted by Gasteiger charge is 2.32. The molecule has 2 N–H and O–H groups in total. The fraction of sp³-hybridized carbons (Fsp3) is 0.444. The highest BCUT2D eigenvalue weighted by molar-refractivity contribution is 7.89. The molecule has 0 bridgehead atoms. The minimum atomic E-state index is -3.60. The summed E-state index contributed by atoms with van der Waals surface area (Å²) < 4.78 is 28.4. The number of fused-ring (bicyclic) bond motifs is 3. The van der Waals surface area contributed by atoms with Crippen molar-refractivity contribution in [3.05, 3.63) is 58.8 Å². The number of benzene rings is 2. The van der Waals surface area contributed by atoms with Crippen LogP contribution >= 0.6 is 0 Å². The van der Waals surface area contributed by atoms with Crippen molar-refractivity contribution in [3.8, 4) is 0 Å². The summed E-state index contributed by atoms with van der Waals surface area (Å²) in [6.07, 6.45) is 6.62. The van der Waals surface area contributed by atoms with Crippen LogP contribution in [0, 0.1) is 19.8 Å². The van der Waals surface area contributed by atoms with E-state index in [1.165, 1.54) is 29.7 Å². The maximum Gasteiger partial charge on any atom is 0.243 e. The Morgan fingerprint density at radius 1 is 0.971 bits per heavy atom. The Hall–Kier alpha value is -2.64. The predicted octanol–water partition coefficient (Wildman–Crippen LogP) is 5.09. The summed E-state index contributed by atoms with van der Waals surface area (Å²) in [4.78, 5) is 16.6. The van der Waals surface area contributed by atoms with E-state index < -0.39 is 10.0 Å². The molecule has 7 heteroatoms. The lowest BCUT2D eigenvalue weighted by Gasteiger charge is -2.30. The summed E-state index contributed by atoms with van der Waals surface area (Å²) in [7, 11) is -3.60. The zero-order valence-corrected chi connectivity index (χ0v) is 20.8. The van der Waals surface area contributed by atoms with Gasteiger partial charge in [0.2, 0.25) is 15.9 Å². The summed E-state index contributed by atoms with van der Waals surface area (Å²) in [5.41, 5.74) is 6.68. The topological polar surface area (TPSA) is 82.3 Å². The fourth-order valence-corrected chi connectivity index (χ4v) is 6.79. The molecule has 0 spiro atoms. The fourth-order valence-electron chi connectivity index (χ4n) is 5.29. The molecule has 180 valence electrons. The van der Waals surface area contributed by atoms with Crippen LogP contribution in [-0.4, -0.2) is 36.7 Å². The van der Waals surface area contributed by atoms with Crippen molar-refractivity contribution in [3.63, 3.8) is 0 Å². The molecule has 1 amide bonds. The lowest BCUT2D eigenvalue weighted by Crippen LogP contribution is -2.41. The molecule has 1 aliphatic heterocycles. The zero-order chi connectivity index (χ0) is 23.9. The van der Waals surface area contributed by atoms with Crippen molar-refractivity contribution in [1.29, 1.82) is 0 Å². The van der Waals surface area contributed by atoms with Crippen LogP contribution in [0.2, 0.25) is 0 Å². The highest BCUT2D eigenvalue weighted by Crippen LogP contribution is 2.32. The Labute approximate surface area is 201 Å². The summed E-state index contributed by atoms with van der Waals surface area (Å²) >= 11 is 0. The molecule has 1 aliphatic carbocycles. The number of piperidine rings is 1. The van der Waals surface area contributed by atoms with E-state index in [2.05, 4.69) is 10.3 Å². The van der Waals surface area contributed by atoms with Crippen LogP contribution in [0.25, 0.3) is 10.9 Å². The highest BCUT2D eigenvalue weighted by atomic mass is 32.2. The number of rotatable bonds is 4. The molecule has 1 aromatic heterocycles. The molecule has 1 fully saturated rings. The molecule has 0 unspecified atom stereocenters. The number of H-pyrrole nitrogens is 1. The minimum absolute atomic E-state index is 0.0308. The Morgan fingerprint density at radius 3 is 2.50 bits per heavy atom. The smallest absolute Gasteiger partial charge is 0.243 e. The number of hydrogen-bond acceptors (Lipinski definition) is 3. The molecule has 2 aromatic carbocycles. The van der Waals surface area contributed by atoms with Gasteiger partial charge in [-0.05, 0) is 99.4 Å². The van der Waals surface area contributed by atoms with E-state index in [1.807, 2.05) is 44.2 Å². The number of aryl methyl sites for hydroxylation is 4. The van der Waals surface area contributed by atoms with Crippen LogP contribution < -0.4 is 5.32 Å². The van der Waals surface area contributed by atoms with Crippen LogP contribution in [0.4, 0.5) is 5.69 Å². The number of anilines is 1. The van der Waals surface area contributed by atoms with Gasteiger partial charge in [-0.3, -0.25) is 4.79 Å². The summed E-state index contributed by atoms with van der Waals surface area (Å²) in [5.74, 6) is -0.215. The quantitative estimate of drug-likeness (QED) is 0.511. The number of carbonyl (C=O) groups excluding carboxylic acids is 1. The van der Waals surface area contributed by atoms with Gasteiger partial charge in [-0.15, -0.1) is 0 Å². The largest absolute Gasteiger partial charge is 0.358 e. The standard InChI is InChI=1S/C27H33N3O3S/c1-18-8-9-21(16-19(18)2)28-27(31)20-12-14-30(15-13-20)34(32,33)22-10-11-26-24(17-22)23-6-4-3-5-7-25(23)29-26/h8-11,16-17,20,29H,3-7,12-15H2,1-2H3,(H,28,31). The molecule has 34 heavy (non-hydrogen) atoms. The van der Waals surface area contributed by atoms with Gasteiger partial charge in [-0.25, -0.2) is 8.42 Å². The lowest BCUT2D eigenvalue weighted by molar-refractivity contribution is -0.120. The molecule has 0 radical (unpaired) electrons.